The number of nitrogens with one attached hydrogen (secondary N) is 3. The number of sulfonamides is 1. The van der Waals surface area contributed by atoms with Gasteiger partial charge >= 0.3 is 6.03 Å². The first-order valence-corrected chi connectivity index (χ1v) is 10.9. The van der Waals surface area contributed by atoms with E-state index in [0.717, 1.165) is 5.57 Å². The Hall–Kier alpha value is -3.16. The molecular formula is C20H22N4O5S. The molecule has 0 aromatic heterocycles. The van der Waals surface area contributed by atoms with Gasteiger partial charge in [0.2, 0.25) is 10.0 Å². The summed E-state index contributed by atoms with van der Waals surface area (Å²) in [4.78, 5) is 34.9. The van der Waals surface area contributed by atoms with Crippen LogP contribution in [0.2, 0.25) is 0 Å². The van der Waals surface area contributed by atoms with Crippen LogP contribution in [0.1, 0.15) is 29.3 Å². The lowest BCUT2D eigenvalue weighted by Crippen LogP contribution is -2.52. The maximum atomic E-state index is 12.7. The zero-order chi connectivity index (χ0) is 21.9. The molecule has 10 heteroatoms. The fourth-order valence-corrected chi connectivity index (χ4v) is 4.98. The largest absolute Gasteiger partial charge is 0.355 e. The SMILES string of the molecule is CNC(=O)c1cccc(C#CC2=CCN(S(=O)(=O)C[C@@]3(C)NC(=O)NC3=O)CC2)c1. The van der Waals surface area contributed by atoms with E-state index in [1.54, 1.807) is 37.4 Å². The van der Waals surface area contributed by atoms with Crippen LogP contribution in [0.25, 0.3) is 0 Å². The summed E-state index contributed by atoms with van der Waals surface area (Å²) in [6, 6.07) is 6.22. The second-order valence-electron chi connectivity index (χ2n) is 7.24. The van der Waals surface area contributed by atoms with Crippen LogP contribution in [0.3, 0.4) is 0 Å². The normalized spacial score (nSPS) is 21.7. The van der Waals surface area contributed by atoms with Gasteiger partial charge in [0.15, 0.2) is 0 Å². The van der Waals surface area contributed by atoms with Gasteiger partial charge in [-0.25, -0.2) is 13.2 Å². The van der Waals surface area contributed by atoms with Crippen LogP contribution < -0.4 is 16.0 Å². The molecule has 0 unspecified atom stereocenters. The van der Waals surface area contributed by atoms with Crippen LogP contribution in [0.5, 0.6) is 0 Å². The van der Waals surface area contributed by atoms with Crippen LogP contribution in [0, 0.1) is 11.8 Å². The third kappa shape index (κ3) is 4.69. The first-order valence-electron chi connectivity index (χ1n) is 9.27. The van der Waals surface area contributed by atoms with Gasteiger partial charge in [-0.15, -0.1) is 0 Å². The van der Waals surface area contributed by atoms with Gasteiger partial charge in [0.1, 0.15) is 5.54 Å². The van der Waals surface area contributed by atoms with E-state index in [1.807, 2.05) is 0 Å². The Labute approximate surface area is 174 Å². The molecule has 0 aliphatic carbocycles. The van der Waals surface area contributed by atoms with Crippen molar-refractivity contribution in [3.05, 3.63) is 47.0 Å². The lowest BCUT2D eigenvalue weighted by Gasteiger charge is -2.28. The lowest BCUT2D eigenvalue weighted by molar-refractivity contribution is -0.122. The Kier molecular flexibility index (Phi) is 5.96. The van der Waals surface area contributed by atoms with E-state index in [1.165, 1.54) is 11.2 Å². The smallest absolute Gasteiger partial charge is 0.322 e. The summed E-state index contributed by atoms with van der Waals surface area (Å²) in [6.45, 7) is 1.75. The van der Waals surface area contributed by atoms with Crippen LogP contribution in [-0.2, 0) is 14.8 Å². The van der Waals surface area contributed by atoms with E-state index in [9.17, 15) is 22.8 Å². The number of benzene rings is 1. The molecule has 158 valence electrons. The maximum Gasteiger partial charge on any atom is 0.322 e. The summed E-state index contributed by atoms with van der Waals surface area (Å²) >= 11 is 0. The number of nitrogens with zero attached hydrogens (tertiary/aromatic N) is 1. The van der Waals surface area contributed by atoms with Gasteiger partial charge in [-0.1, -0.05) is 24.0 Å². The van der Waals surface area contributed by atoms with Crippen LogP contribution >= 0.6 is 0 Å². The van der Waals surface area contributed by atoms with Gasteiger partial charge in [-0.3, -0.25) is 14.9 Å². The molecule has 0 bridgehead atoms. The lowest BCUT2D eigenvalue weighted by atomic mass is 10.1. The van der Waals surface area contributed by atoms with Crippen molar-refractivity contribution >= 4 is 27.9 Å². The number of hydrogen-bond donors (Lipinski definition) is 3. The minimum Gasteiger partial charge on any atom is -0.355 e. The van der Waals surface area contributed by atoms with Crippen molar-refractivity contribution in [1.29, 1.82) is 0 Å². The maximum absolute atomic E-state index is 12.7. The fraction of sp³-hybridized carbons (Fsp3) is 0.350. The third-order valence-electron chi connectivity index (χ3n) is 4.87. The van der Waals surface area contributed by atoms with E-state index >= 15 is 0 Å². The molecule has 1 saturated heterocycles. The van der Waals surface area contributed by atoms with Gasteiger partial charge in [0.25, 0.3) is 11.8 Å². The summed E-state index contributed by atoms with van der Waals surface area (Å²) < 4.78 is 26.7. The monoisotopic (exact) mass is 430 g/mol. The quantitative estimate of drug-likeness (QED) is 0.457. The van der Waals surface area contributed by atoms with E-state index in [2.05, 4.69) is 27.8 Å². The summed E-state index contributed by atoms with van der Waals surface area (Å²) in [7, 11) is -2.21. The molecule has 0 radical (unpaired) electrons. The molecular weight excluding hydrogens is 408 g/mol. The first kappa shape index (κ1) is 21.5. The highest BCUT2D eigenvalue weighted by Gasteiger charge is 2.46. The molecule has 3 N–H and O–H groups in total. The molecule has 1 atom stereocenters. The molecule has 2 heterocycles. The van der Waals surface area contributed by atoms with Crippen molar-refractivity contribution in [1.82, 2.24) is 20.3 Å². The highest BCUT2D eigenvalue weighted by Crippen LogP contribution is 2.19. The molecule has 0 spiro atoms. The number of hydrogen-bond acceptors (Lipinski definition) is 5. The number of amides is 4. The number of carbonyl (C=O) groups is 3. The van der Waals surface area contributed by atoms with E-state index < -0.39 is 33.3 Å². The van der Waals surface area contributed by atoms with Crippen molar-refractivity contribution in [2.24, 2.45) is 0 Å². The van der Waals surface area contributed by atoms with Gasteiger partial charge < -0.3 is 10.6 Å². The molecule has 2 aliphatic heterocycles. The van der Waals surface area contributed by atoms with Crippen molar-refractivity contribution in [2.75, 3.05) is 25.9 Å². The zero-order valence-electron chi connectivity index (χ0n) is 16.6. The first-order chi connectivity index (χ1) is 14.1. The molecule has 30 heavy (non-hydrogen) atoms. The highest BCUT2D eigenvalue weighted by molar-refractivity contribution is 7.89. The average molecular weight is 430 g/mol. The number of imide groups is 1. The molecule has 1 aromatic carbocycles. The Morgan fingerprint density at radius 3 is 2.67 bits per heavy atom. The van der Waals surface area contributed by atoms with E-state index in [4.69, 9.17) is 0 Å². The Bertz CT molecular complexity index is 1100. The van der Waals surface area contributed by atoms with Gasteiger partial charge in [0, 0.05) is 36.8 Å². The van der Waals surface area contributed by atoms with Crippen molar-refractivity contribution in [3.63, 3.8) is 0 Å². The molecule has 1 aromatic rings. The van der Waals surface area contributed by atoms with Crippen LogP contribution in [-0.4, -0.2) is 62.0 Å². The van der Waals surface area contributed by atoms with E-state index in [0.29, 0.717) is 17.5 Å². The van der Waals surface area contributed by atoms with Gasteiger partial charge in [-0.05, 0) is 31.5 Å². The zero-order valence-corrected chi connectivity index (χ0v) is 17.4. The van der Waals surface area contributed by atoms with Crippen LogP contribution in [0.15, 0.2) is 35.9 Å². The second kappa shape index (κ2) is 8.30. The Balaban J connectivity index is 1.67. The number of rotatable bonds is 4. The summed E-state index contributed by atoms with van der Waals surface area (Å²) in [5.41, 5.74) is 0.499. The number of urea groups is 1. The summed E-state index contributed by atoms with van der Waals surface area (Å²) in [5.74, 6) is 4.65. The predicted octanol–water partition coefficient (Wildman–Crippen LogP) is -0.0423. The molecule has 3 rings (SSSR count). The summed E-state index contributed by atoms with van der Waals surface area (Å²) in [5, 5.41) is 6.98. The molecule has 0 saturated carbocycles. The van der Waals surface area contributed by atoms with E-state index in [-0.39, 0.29) is 19.0 Å². The topological polar surface area (TPSA) is 125 Å². The Morgan fingerprint density at radius 2 is 2.07 bits per heavy atom. The average Bonchev–Trinajstić information content (AvgIpc) is 2.96. The third-order valence-corrected chi connectivity index (χ3v) is 6.93. The fourth-order valence-electron chi connectivity index (χ4n) is 3.19. The molecule has 4 amide bonds. The minimum atomic E-state index is -3.77. The molecule has 2 aliphatic rings. The van der Waals surface area contributed by atoms with Gasteiger partial charge in [0.05, 0.1) is 5.75 Å². The predicted molar refractivity (Wildman–Crippen MR) is 110 cm³/mol. The molecule has 1 fully saturated rings. The number of carbonyl (C=O) groups excluding carboxylic acids is 3. The standard InChI is InChI=1S/C20H22N4O5S/c1-20(18(26)22-19(27)23-20)13-30(28,29)24-10-8-14(9-11-24)6-7-15-4-3-5-16(12-15)17(25)21-2/h3-5,8,12H,9-11,13H2,1-2H3,(H,21,25)(H2,22,23,26,27)/t20-/m1/s1. The summed E-state index contributed by atoms with van der Waals surface area (Å²) in [6.07, 6.45) is 2.16. The second-order valence-corrected chi connectivity index (χ2v) is 9.21. The van der Waals surface area contributed by atoms with Crippen LogP contribution in [0.4, 0.5) is 4.79 Å². The van der Waals surface area contributed by atoms with Crippen molar-refractivity contribution < 1.29 is 22.8 Å². The van der Waals surface area contributed by atoms with Crippen molar-refractivity contribution in [3.8, 4) is 11.8 Å². The minimum absolute atomic E-state index is 0.135. The molecule has 9 nitrogen and oxygen atoms in total. The van der Waals surface area contributed by atoms with Crippen molar-refractivity contribution in [2.45, 2.75) is 18.9 Å². The Morgan fingerprint density at radius 1 is 1.30 bits per heavy atom. The highest BCUT2D eigenvalue weighted by atomic mass is 32.2. The van der Waals surface area contributed by atoms with Gasteiger partial charge in [-0.2, -0.15) is 4.31 Å².